The highest BCUT2D eigenvalue weighted by Crippen LogP contribution is 2.73. The van der Waals surface area contributed by atoms with Gasteiger partial charge in [0, 0.05) is 6.04 Å². The number of piperidine rings is 1. The van der Waals surface area contributed by atoms with E-state index in [4.69, 9.17) is 0 Å². The summed E-state index contributed by atoms with van der Waals surface area (Å²) in [6, 6.07) is 11.5. The van der Waals surface area contributed by atoms with Crippen molar-refractivity contribution in [1.29, 1.82) is 0 Å². The summed E-state index contributed by atoms with van der Waals surface area (Å²) in [5, 5.41) is 6.91. The minimum Gasteiger partial charge on any atom is -0.353 e. The van der Waals surface area contributed by atoms with Crippen LogP contribution in [-0.4, -0.2) is 25.0 Å². The molecule has 0 aromatic heterocycles. The molecular weight excluding hydrogens is 332 g/mol. The highest BCUT2D eigenvalue weighted by Gasteiger charge is 2.68. The summed E-state index contributed by atoms with van der Waals surface area (Å²) in [5.74, 6) is 0.367. The number of hydrogen-bond donors (Lipinski definition) is 2. The lowest BCUT2D eigenvalue weighted by molar-refractivity contribution is -0.178. The minimum atomic E-state index is -0.168. The molecule has 0 radical (unpaired) electrons. The van der Waals surface area contributed by atoms with Gasteiger partial charge in [0.15, 0.2) is 0 Å². The summed E-state index contributed by atoms with van der Waals surface area (Å²) >= 11 is 0. The molecule has 1 aromatic rings. The van der Waals surface area contributed by atoms with E-state index >= 15 is 0 Å². The van der Waals surface area contributed by atoms with E-state index in [0.717, 1.165) is 45.2 Å². The van der Waals surface area contributed by atoms with E-state index < -0.39 is 0 Å². The van der Waals surface area contributed by atoms with Crippen molar-refractivity contribution in [3.05, 3.63) is 35.9 Å². The first-order valence-corrected chi connectivity index (χ1v) is 10.9. The molecule has 6 rings (SSSR count). The van der Waals surface area contributed by atoms with Gasteiger partial charge in [-0.25, -0.2) is 0 Å². The highest BCUT2D eigenvalue weighted by atomic mass is 16.2. The number of rotatable bonds is 3. The number of benzene rings is 1. The van der Waals surface area contributed by atoms with Crippen LogP contribution in [0.25, 0.3) is 0 Å². The van der Waals surface area contributed by atoms with Crippen molar-refractivity contribution in [1.82, 2.24) is 10.6 Å². The van der Waals surface area contributed by atoms with Crippen molar-refractivity contribution in [2.24, 2.45) is 16.2 Å². The van der Waals surface area contributed by atoms with Gasteiger partial charge in [-0.2, -0.15) is 0 Å². The fraction of sp³-hybridized carbons (Fsp3) is 0.708. The average molecular weight is 367 g/mol. The van der Waals surface area contributed by atoms with Gasteiger partial charge in [0.1, 0.15) is 0 Å². The van der Waals surface area contributed by atoms with E-state index in [-0.39, 0.29) is 10.8 Å². The predicted molar refractivity (Wildman–Crippen MR) is 109 cm³/mol. The van der Waals surface area contributed by atoms with Crippen molar-refractivity contribution in [2.75, 3.05) is 13.1 Å². The van der Waals surface area contributed by atoms with E-state index in [0.29, 0.717) is 22.8 Å². The smallest absolute Gasteiger partial charge is 0.226 e. The standard InChI is InChI=1S/C24H34N2O/c1-21-12-22(2)14-23(13-21,18-6-4-3-5-7-18)17-24(15-21,16-22)20(27)26-19-8-10-25-11-9-19/h3-7,19,25H,8-17H2,1-2H3,(H,26,27). The normalized spacial score (nSPS) is 43.6. The van der Waals surface area contributed by atoms with E-state index in [1.165, 1.54) is 24.8 Å². The Balaban J connectivity index is 1.50. The maximum Gasteiger partial charge on any atom is 0.226 e. The largest absolute Gasteiger partial charge is 0.353 e. The first kappa shape index (κ1) is 17.7. The molecule has 2 unspecified atom stereocenters. The van der Waals surface area contributed by atoms with Crippen LogP contribution in [0.3, 0.4) is 0 Å². The van der Waals surface area contributed by atoms with Crippen LogP contribution in [0.1, 0.15) is 70.8 Å². The third kappa shape index (κ3) is 2.85. The van der Waals surface area contributed by atoms with Crippen LogP contribution in [0.4, 0.5) is 0 Å². The lowest BCUT2D eigenvalue weighted by atomic mass is 9.35. The molecule has 5 fully saturated rings. The van der Waals surface area contributed by atoms with Crippen LogP contribution in [0.5, 0.6) is 0 Å². The Labute approximate surface area is 163 Å². The SMILES string of the molecule is CC12CC3(C)CC(C(=O)NC4CCNCC4)(C1)CC(c1ccccc1)(C2)C3. The zero-order chi connectivity index (χ0) is 18.8. The second-order valence-corrected chi connectivity index (χ2v) is 11.1. The van der Waals surface area contributed by atoms with Crippen molar-refractivity contribution in [3.8, 4) is 0 Å². The van der Waals surface area contributed by atoms with Gasteiger partial charge in [-0.3, -0.25) is 4.79 Å². The molecule has 27 heavy (non-hydrogen) atoms. The summed E-state index contributed by atoms with van der Waals surface area (Å²) in [4.78, 5) is 13.7. The Morgan fingerprint density at radius 1 is 0.926 bits per heavy atom. The summed E-state index contributed by atoms with van der Waals surface area (Å²) < 4.78 is 0. The molecule has 4 bridgehead atoms. The van der Waals surface area contributed by atoms with Gasteiger partial charge in [0.2, 0.25) is 5.91 Å². The third-order valence-corrected chi connectivity index (χ3v) is 8.13. The van der Waals surface area contributed by atoms with E-state index in [9.17, 15) is 4.79 Å². The van der Waals surface area contributed by atoms with Crippen molar-refractivity contribution in [3.63, 3.8) is 0 Å². The molecule has 3 nitrogen and oxygen atoms in total. The number of hydrogen-bond acceptors (Lipinski definition) is 2. The quantitative estimate of drug-likeness (QED) is 0.843. The zero-order valence-corrected chi connectivity index (χ0v) is 16.9. The molecule has 146 valence electrons. The maximum absolute atomic E-state index is 13.7. The lowest BCUT2D eigenvalue weighted by Gasteiger charge is -2.69. The van der Waals surface area contributed by atoms with Gasteiger partial charge in [-0.1, -0.05) is 44.2 Å². The van der Waals surface area contributed by atoms with E-state index in [2.05, 4.69) is 54.8 Å². The summed E-state index contributed by atoms with van der Waals surface area (Å²) in [6.07, 6.45) is 9.15. The molecule has 4 saturated carbocycles. The van der Waals surface area contributed by atoms with Crippen LogP contribution < -0.4 is 10.6 Å². The van der Waals surface area contributed by atoms with Crippen LogP contribution in [-0.2, 0) is 10.2 Å². The number of nitrogens with one attached hydrogen (secondary N) is 2. The first-order chi connectivity index (χ1) is 12.8. The van der Waals surface area contributed by atoms with E-state index in [1.807, 2.05) is 0 Å². The van der Waals surface area contributed by atoms with Crippen LogP contribution in [0, 0.1) is 16.2 Å². The molecule has 4 aliphatic carbocycles. The Hall–Kier alpha value is -1.35. The second kappa shape index (κ2) is 5.83. The van der Waals surface area contributed by atoms with Gasteiger partial charge < -0.3 is 10.6 Å². The van der Waals surface area contributed by atoms with Crippen LogP contribution >= 0.6 is 0 Å². The third-order valence-electron chi connectivity index (χ3n) is 8.13. The molecular formula is C24H34N2O. The molecule has 0 spiro atoms. The molecule has 1 aromatic carbocycles. The summed E-state index contributed by atoms with van der Waals surface area (Å²) in [5.41, 5.74) is 2.08. The summed E-state index contributed by atoms with van der Waals surface area (Å²) in [6.45, 7) is 6.99. The van der Waals surface area contributed by atoms with Gasteiger partial charge in [0.25, 0.3) is 0 Å². The fourth-order valence-corrected chi connectivity index (χ4v) is 8.34. The molecule has 5 aliphatic rings. The van der Waals surface area contributed by atoms with Crippen molar-refractivity contribution < 1.29 is 4.79 Å². The second-order valence-electron chi connectivity index (χ2n) is 11.1. The highest BCUT2D eigenvalue weighted by molar-refractivity contribution is 5.84. The van der Waals surface area contributed by atoms with Gasteiger partial charge >= 0.3 is 0 Å². The molecule has 2 atom stereocenters. The number of carbonyl (C=O) groups excluding carboxylic acids is 1. The van der Waals surface area contributed by atoms with Crippen LogP contribution in [0.15, 0.2) is 30.3 Å². The molecule has 1 saturated heterocycles. The Morgan fingerprint density at radius 2 is 1.56 bits per heavy atom. The Kier molecular flexibility index (Phi) is 3.82. The van der Waals surface area contributed by atoms with Gasteiger partial charge in [-0.05, 0) is 86.3 Å². The monoisotopic (exact) mass is 366 g/mol. The number of carbonyl (C=O) groups is 1. The van der Waals surface area contributed by atoms with Gasteiger partial charge in [-0.15, -0.1) is 0 Å². The molecule has 1 aliphatic heterocycles. The first-order valence-electron chi connectivity index (χ1n) is 10.9. The summed E-state index contributed by atoms with van der Waals surface area (Å²) in [7, 11) is 0. The van der Waals surface area contributed by atoms with Crippen molar-refractivity contribution in [2.45, 2.75) is 76.7 Å². The molecule has 2 N–H and O–H groups in total. The van der Waals surface area contributed by atoms with Gasteiger partial charge in [0.05, 0.1) is 5.41 Å². The fourth-order valence-electron chi connectivity index (χ4n) is 8.34. The minimum absolute atomic E-state index is 0.168. The number of amides is 1. The van der Waals surface area contributed by atoms with Crippen LogP contribution in [0.2, 0.25) is 0 Å². The predicted octanol–water partition coefficient (Wildman–Crippen LogP) is 4.17. The molecule has 3 heteroatoms. The Bertz CT molecular complexity index is 718. The topological polar surface area (TPSA) is 41.1 Å². The van der Waals surface area contributed by atoms with E-state index in [1.54, 1.807) is 0 Å². The average Bonchev–Trinajstić information content (AvgIpc) is 2.60. The van der Waals surface area contributed by atoms with Crippen molar-refractivity contribution >= 4 is 5.91 Å². The maximum atomic E-state index is 13.7. The molecule has 1 amide bonds. The Morgan fingerprint density at radius 3 is 2.19 bits per heavy atom. The lowest BCUT2D eigenvalue weighted by Crippen LogP contribution is -2.65. The molecule has 1 heterocycles. The zero-order valence-electron chi connectivity index (χ0n) is 16.9.